The number of hydrogen-bond acceptors (Lipinski definition) is 3. The van der Waals surface area contributed by atoms with Gasteiger partial charge in [0.05, 0.1) is 6.42 Å². The summed E-state index contributed by atoms with van der Waals surface area (Å²) < 4.78 is 1.55. The van der Waals surface area contributed by atoms with Gasteiger partial charge in [-0.05, 0) is 24.6 Å². The van der Waals surface area contributed by atoms with Crippen LogP contribution in [0.25, 0.3) is 0 Å². The third-order valence-electron chi connectivity index (χ3n) is 2.43. The van der Waals surface area contributed by atoms with Crippen molar-refractivity contribution in [3.63, 3.8) is 0 Å². The molecule has 4 heteroatoms. The Morgan fingerprint density at radius 2 is 2.06 bits per heavy atom. The molecule has 82 valence electrons. The summed E-state index contributed by atoms with van der Waals surface area (Å²) in [4.78, 5) is 15.9. The first kappa shape index (κ1) is 10.4. The average Bonchev–Trinajstić information content (AvgIpc) is 2.68. The first-order valence-electron chi connectivity index (χ1n) is 5.04. The van der Waals surface area contributed by atoms with Crippen LogP contribution in [-0.2, 0) is 6.42 Å². The highest BCUT2D eigenvalue weighted by atomic mass is 16.2. The highest BCUT2D eigenvalue weighted by Gasteiger charge is 2.08. The minimum atomic E-state index is 0.0137. The molecule has 0 aliphatic carbocycles. The summed E-state index contributed by atoms with van der Waals surface area (Å²) in [6.07, 6.45) is 3.66. The third-order valence-corrected chi connectivity index (χ3v) is 2.43. The smallest absolute Gasteiger partial charge is 0.236 e. The largest absolute Gasteiger partial charge is 0.399 e. The second-order valence-corrected chi connectivity index (χ2v) is 3.66. The normalized spacial score (nSPS) is 10.3. The van der Waals surface area contributed by atoms with Gasteiger partial charge in [-0.25, -0.2) is 4.98 Å². The van der Waals surface area contributed by atoms with Crippen molar-refractivity contribution in [3.05, 3.63) is 48.0 Å². The fourth-order valence-electron chi connectivity index (χ4n) is 1.54. The quantitative estimate of drug-likeness (QED) is 0.775. The standard InChI is InChI=1S/C12H13N3O/c1-9-14-6-7-15(9)12(16)8-10-2-4-11(13)5-3-10/h2-7H,8,13H2,1H3. The van der Waals surface area contributed by atoms with Crippen LogP contribution in [0.1, 0.15) is 16.2 Å². The number of carbonyl (C=O) groups is 1. The van der Waals surface area contributed by atoms with Crippen LogP contribution in [0, 0.1) is 6.92 Å². The molecule has 2 rings (SSSR count). The first-order chi connectivity index (χ1) is 7.66. The Balaban J connectivity index is 2.14. The van der Waals surface area contributed by atoms with Crippen LogP contribution < -0.4 is 5.73 Å². The van der Waals surface area contributed by atoms with E-state index in [4.69, 9.17) is 5.73 Å². The number of nitrogens with two attached hydrogens (primary N) is 1. The number of carbonyl (C=O) groups excluding carboxylic acids is 1. The molecule has 0 amide bonds. The number of anilines is 1. The van der Waals surface area contributed by atoms with Gasteiger partial charge in [-0.3, -0.25) is 9.36 Å². The number of hydrogen-bond donors (Lipinski definition) is 1. The summed E-state index contributed by atoms with van der Waals surface area (Å²) in [5.74, 6) is 0.722. The molecule has 0 saturated heterocycles. The molecule has 1 aromatic heterocycles. The van der Waals surface area contributed by atoms with E-state index in [1.165, 1.54) is 0 Å². The van der Waals surface area contributed by atoms with Crippen molar-refractivity contribution in [2.24, 2.45) is 0 Å². The third kappa shape index (κ3) is 2.11. The zero-order valence-corrected chi connectivity index (χ0v) is 9.05. The first-order valence-corrected chi connectivity index (χ1v) is 5.04. The topological polar surface area (TPSA) is 60.9 Å². The summed E-state index contributed by atoms with van der Waals surface area (Å²) in [5.41, 5.74) is 7.23. The molecule has 2 N–H and O–H groups in total. The Labute approximate surface area is 93.7 Å². The molecule has 16 heavy (non-hydrogen) atoms. The Morgan fingerprint density at radius 3 is 2.62 bits per heavy atom. The Hall–Kier alpha value is -2.10. The van der Waals surface area contributed by atoms with E-state index >= 15 is 0 Å². The van der Waals surface area contributed by atoms with Crippen LogP contribution in [0.4, 0.5) is 5.69 Å². The number of nitrogens with zero attached hydrogens (tertiary/aromatic N) is 2. The minimum absolute atomic E-state index is 0.0137. The van der Waals surface area contributed by atoms with E-state index in [-0.39, 0.29) is 5.91 Å². The van der Waals surface area contributed by atoms with Crippen molar-refractivity contribution in [3.8, 4) is 0 Å². The zero-order valence-electron chi connectivity index (χ0n) is 9.05. The maximum atomic E-state index is 11.9. The lowest BCUT2D eigenvalue weighted by Crippen LogP contribution is -2.14. The number of rotatable bonds is 2. The molecule has 0 aliphatic rings. The highest BCUT2D eigenvalue weighted by molar-refractivity contribution is 5.81. The molecular weight excluding hydrogens is 202 g/mol. The van der Waals surface area contributed by atoms with Crippen LogP contribution in [0.3, 0.4) is 0 Å². The van der Waals surface area contributed by atoms with Crippen molar-refractivity contribution < 1.29 is 4.79 Å². The summed E-state index contributed by atoms with van der Waals surface area (Å²) in [5, 5.41) is 0. The highest BCUT2D eigenvalue weighted by Crippen LogP contribution is 2.07. The van der Waals surface area contributed by atoms with Crippen LogP contribution in [0.2, 0.25) is 0 Å². The monoisotopic (exact) mass is 215 g/mol. The summed E-state index contributed by atoms with van der Waals surface area (Å²) in [6, 6.07) is 7.31. The lowest BCUT2D eigenvalue weighted by atomic mass is 10.1. The average molecular weight is 215 g/mol. The summed E-state index contributed by atoms with van der Waals surface area (Å²) in [6.45, 7) is 1.81. The van der Waals surface area contributed by atoms with Gasteiger partial charge < -0.3 is 5.73 Å². The van der Waals surface area contributed by atoms with Crippen molar-refractivity contribution in [1.29, 1.82) is 0 Å². The van der Waals surface area contributed by atoms with Crippen LogP contribution >= 0.6 is 0 Å². The number of imidazole rings is 1. The van der Waals surface area contributed by atoms with Crippen molar-refractivity contribution in [2.75, 3.05) is 5.73 Å². The van der Waals surface area contributed by atoms with E-state index in [1.807, 2.05) is 12.1 Å². The second-order valence-electron chi connectivity index (χ2n) is 3.66. The fraction of sp³-hybridized carbons (Fsp3) is 0.167. The van der Waals surface area contributed by atoms with E-state index in [2.05, 4.69) is 4.98 Å². The van der Waals surface area contributed by atoms with Crippen LogP contribution in [0.5, 0.6) is 0 Å². The van der Waals surface area contributed by atoms with E-state index in [1.54, 1.807) is 36.0 Å². The molecule has 4 nitrogen and oxygen atoms in total. The SMILES string of the molecule is Cc1nccn1C(=O)Cc1ccc(N)cc1. The minimum Gasteiger partial charge on any atom is -0.399 e. The van der Waals surface area contributed by atoms with Crippen LogP contribution in [0.15, 0.2) is 36.7 Å². The maximum absolute atomic E-state index is 11.9. The maximum Gasteiger partial charge on any atom is 0.236 e. The Bertz CT molecular complexity index is 499. The summed E-state index contributed by atoms with van der Waals surface area (Å²) in [7, 11) is 0. The van der Waals surface area contributed by atoms with Crippen molar-refractivity contribution >= 4 is 11.6 Å². The van der Waals surface area contributed by atoms with Gasteiger partial charge >= 0.3 is 0 Å². The predicted octanol–water partition coefficient (Wildman–Crippen LogP) is 1.66. The van der Waals surface area contributed by atoms with E-state index in [0.29, 0.717) is 17.9 Å². The van der Waals surface area contributed by atoms with Crippen LogP contribution in [-0.4, -0.2) is 15.5 Å². The molecular formula is C12H13N3O. The molecule has 0 fully saturated rings. The number of aryl methyl sites for hydroxylation is 1. The Morgan fingerprint density at radius 1 is 1.38 bits per heavy atom. The molecule has 1 heterocycles. The zero-order chi connectivity index (χ0) is 11.5. The van der Waals surface area contributed by atoms with E-state index in [0.717, 1.165) is 5.56 Å². The molecule has 0 spiro atoms. The van der Waals surface area contributed by atoms with Gasteiger partial charge in [0.25, 0.3) is 0 Å². The molecule has 2 aromatic rings. The summed E-state index contributed by atoms with van der Waals surface area (Å²) >= 11 is 0. The van der Waals surface area contributed by atoms with E-state index in [9.17, 15) is 4.79 Å². The lowest BCUT2D eigenvalue weighted by Gasteiger charge is -2.04. The lowest BCUT2D eigenvalue weighted by molar-refractivity contribution is 0.0911. The molecule has 0 bridgehead atoms. The van der Waals surface area contributed by atoms with Gasteiger partial charge in [-0.1, -0.05) is 12.1 Å². The van der Waals surface area contributed by atoms with Gasteiger partial charge in [0.1, 0.15) is 5.82 Å². The molecule has 0 atom stereocenters. The van der Waals surface area contributed by atoms with Gasteiger partial charge in [0, 0.05) is 18.1 Å². The number of nitrogen functional groups attached to an aromatic ring is 1. The molecule has 0 radical (unpaired) electrons. The van der Waals surface area contributed by atoms with Crippen molar-refractivity contribution in [2.45, 2.75) is 13.3 Å². The van der Waals surface area contributed by atoms with E-state index < -0.39 is 0 Å². The fourth-order valence-corrected chi connectivity index (χ4v) is 1.54. The second kappa shape index (κ2) is 4.18. The molecule has 0 unspecified atom stereocenters. The Kier molecular flexibility index (Phi) is 2.72. The van der Waals surface area contributed by atoms with Gasteiger partial charge in [0.15, 0.2) is 0 Å². The number of benzene rings is 1. The molecule has 0 saturated carbocycles. The number of aromatic nitrogens is 2. The molecule has 0 aliphatic heterocycles. The predicted molar refractivity (Wildman–Crippen MR) is 62.1 cm³/mol. The van der Waals surface area contributed by atoms with Gasteiger partial charge in [-0.15, -0.1) is 0 Å². The van der Waals surface area contributed by atoms with Gasteiger partial charge in [-0.2, -0.15) is 0 Å². The van der Waals surface area contributed by atoms with Crippen molar-refractivity contribution in [1.82, 2.24) is 9.55 Å². The van der Waals surface area contributed by atoms with Gasteiger partial charge in [0.2, 0.25) is 5.91 Å². The molecule has 1 aromatic carbocycles.